The largest absolute Gasteiger partial charge is 0.441 e. The lowest BCUT2D eigenvalue weighted by Gasteiger charge is -2.15. The van der Waals surface area contributed by atoms with Crippen molar-refractivity contribution >= 4 is 29.1 Å². The molecule has 1 N–H and O–H groups in total. The number of hydrogen-bond acceptors (Lipinski definition) is 4. The summed E-state index contributed by atoms with van der Waals surface area (Å²) in [6.07, 6.45) is 4.28. The normalized spacial score (nSPS) is 13.4. The Morgan fingerprint density at radius 3 is 2.70 bits per heavy atom. The Hall–Kier alpha value is -3.12. The maximum atomic E-state index is 12.5. The second-order valence-electron chi connectivity index (χ2n) is 7.23. The van der Waals surface area contributed by atoms with E-state index < -0.39 is 0 Å². The molecule has 1 aliphatic rings. The number of aryl methyl sites for hydroxylation is 1. The molecule has 3 aromatic rings. The number of oxazole rings is 1. The van der Waals surface area contributed by atoms with E-state index in [4.69, 9.17) is 16.0 Å². The monoisotopic (exact) mass is 423 g/mol. The first-order valence-corrected chi connectivity index (χ1v) is 10.4. The summed E-state index contributed by atoms with van der Waals surface area (Å²) in [5, 5.41) is 3.43. The van der Waals surface area contributed by atoms with Crippen molar-refractivity contribution < 1.29 is 14.0 Å². The minimum Gasteiger partial charge on any atom is -0.441 e. The first-order chi connectivity index (χ1) is 14.6. The molecule has 154 valence electrons. The minimum absolute atomic E-state index is 0.00971. The highest BCUT2D eigenvalue weighted by Crippen LogP contribution is 2.28. The average molecular weight is 424 g/mol. The van der Waals surface area contributed by atoms with Gasteiger partial charge in [-0.3, -0.25) is 9.59 Å². The van der Waals surface area contributed by atoms with Crippen LogP contribution in [0.1, 0.15) is 35.5 Å². The molecule has 6 nitrogen and oxygen atoms in total. The Bertz CT molecular complexity index is 1060. The summed E-state index contributed by atoms with van der Waals surface area (Å²) in [6.45, 7) is 1.59. The number of aromatic nitrogens is 1. The molecule has 7 heteroatoms. The molecule has 2 amide bonds. The molecule has 0 aliphatic carbocycles. The summed E-state index contributed by atoms with van der Waals surface area (Å²) < 4.78 is 5.73. The summed E-state index contributed by atoms with van der Waals surface area (Å²) in [4.78, 5) is 31.0. The zero-order valence-electron chi connectivity index (χ0n) is 16.4. The fourth-order valence-electron chi connectivity index (χ4n) is 3.49. The van der Waals surface area contributed by atoms with Crippen LogP contribution in [0.2, 0.25) is 5.02 Å². The van der Waals surface area contributed by atoms with Crippen molar-refractivity contribution in [3.05, 3.63) is 71.2 Å². The Kier molecular flexibility index (Phi) is 6.14. The summed E-state index contributed by atoms with van der Waals surface area (Å²) in [6, 6.07) is 14.4. The van der Waals surface area contributed by atoms with Gasteiger partial charge in [0.15, 0.2) is 11.7 Å². The van der Waals surface area contributed by atoms with E-state index in [0.717, 1.165) is 31.5 Å². The molecule has 0 radical (unpaired) electrons. The molecule has 1 aromatic heterocycles. The highest BCUT2D eigenvalue weighted by Gasteiger charge is 2.19. The topological polar surface area (TPSA) is 75.4 Å². The van der Waals surface area contributed by atoms with Crippen molar-refractivity contribution in [3.8, 4) is 11.3 Å². The van der Waals surface area contributed by atoms with Gasteiger partial charge in [-0.15, -0.1) is 0 Å². The molecule has 1 aliphatic heterocycles. The van der Waals surface area contributed by atoms with Crippen LogP contribution in [-0.2, 0) is 11.2 Å². The van der Waals surface area contributed by atoms with Crippen LogP contribution in [0.5, 0.6) is 0 Å². The third-order valence-electron chi connectivity index (χ3n) is 5.05. The quantitative estimate of drug-likeness (QED) is 0.617. The van der Waals surface area contributed by atoms with Crippen molar-refractivity contribution in [3.63, 3.8) is 0 Å². The van der Waals surface area contributed by atoms with Gasteiger partial charge < -0.3 is 14.6 Å². The van der Waals surface area contributed by atoms with Gasteiger partial charge in [0.2, 0.25) is 5.91 Å². The predicted octanol–water partition coefficient (Wildman–Crippen LogP) is 4.80. The molecule has 1 fully saturated rings. The van der Waals surface area contributed by atoms with Gasteiger partial charge in [0.05, 0.1) is 11.2 Å². The SMILES string of the molecule is O=C(CCc1ncc(-c2ccccc2Cl)o1)Nc1cccc(C(=O)N2CCCC2)c1. The van der Waals surface area contributed by atoms with Gasteiger partial charge in [0.25, 0.3) is 5.91 Å². The molecule has 0 atom stereocenters. The van der Waals surface area contributed by atoms with Gasteiger partial charge in [-0.05, 0) is 43.2 Å². The van der Waals surface area contributed by atoms with Gasteiger partial charge in [-0.2, -0.15) is 0 Å². The van der Waals surface area contributed by atoms with Crippen LogP contribution in [0.3, 0.4) is 0 Å². The predicted molar refractivity (Wildman–Crippen MR) is 115 cm³/mol. The molecule has 2 heterocycles. The van der Waals surface area contributed by atoms with Crippen LogP contribution in [0.25, 0.3) is 11.3 Å². The third-order valence-corrected chi connectivity index (χ3v) is 5.37. The lowest BCUT2D eigenvalue weighted by atomic mass is 10.1. The summed E-state index contributed by atoms with van der Waals surface area (Å²) in [5.41, 5.74) is 1.96. The summed E-state index contributed by atoms with van der Waals surface area (Å²) in [5.74, 6) is 0.885. The molecule has 0 unspecified atom stereocenters. The highest BCUT2D eigenvalue weighted by molar-refractivity contribution is 6.33. The smallest absolute Gasteiger partial charge is 0.253 e. The number of carbonyl (C=O) groups excluding carboxylic acids is 2. The second-order valence-corrected chi connectivity index (χ2v) is 7.63. The molecular weight excluding hydrogens is 402 g/mol. The Labute approximate surface area is 179 Å². The van der Waals surface area contributed by atoms with Crippen LogP contribution in [0, 0.1) is 0 Å². The van der Waals surface area contributed by atoms with Crippen molar-refractivity contribution in [1.82, 2.24) is 9.88 Å². The van der Waals surface area contributed by atoms with E-state index in [-0.39, 0.29) is 18.2 Å². The van der Waals surface area contributed by atoms with E-state index in [2.05, 4.69) is 10.3 Å². The van der Waals surface area contributed by atoms with Crippen LogP contribution < -0.4 is 5.32 Å². The number of amides is 2. The van der Waals surface area contributed by atoms with Crippen molar-refractivity contribution in [2.75, 3.05) is 18.4 Å². The van der Waals surface area contributed by atoms with Crippen molar-refractivity contribution in [2.24, 2.45) is 0 Å². The number of likely N-dealkylation sites (tertiary alicyclic amines) is 1. The maximum Gasteiger partial charge on any atom is 0.253 e. The number of anilines is 1. The number of hydrogen-bond donors (Lipinski definition) is 1. The Morgan fingerprint density at radius 2 is 1.90 bits per heavy atom. The number of nitrogens with zero attached hydrogens (tertiary/aromatic N) is 2. The van der Waals surface area contributed by atoms with E-state index in [0.29, 0.717) is 34.3 Å². The van der Waals surface area contributed by atoms with E-state index in [1.54, 1.807) is 36.5 Å². The van der Waals surface area contributed by atoms with Gasteiger partial charge in [-0.1, -0.05) is 29.8 Å². The van der Waals surface area contributed by atoms with E-state index in [1.165, 1.54) is 0 Å². The first kappa shape index (κ1) is 20.2. The van der Waals surface area contributed by atoms with Gasteiger partial charge in [0.1, 0.15) is 0 Å². The van der Waals surface area contributed by atoms with Gasteiger partial charge in [-0.25, -0.2) is 4.98 Å². The number of halogens is 1. The zero-order valence-corrected chi connectivity index (χ0v) is 17.2. The Morgan fingerprint density at radius 1 is 1.10 bits per heavy atom. The van der Waals surface area contributed by atoms with Crippen LogP contribution >= 0.6 is 11.6 Å². The summed E-state index contributed by atoms with van der Waals surface area (Å²) >= 11 is 6.18. The van der Waals surface area contributed by atoms with Crippen LogP contribution in [0.15, 0.2) is 59.1 Å². The molecule has 4 rings (SSSR count). The zero-order chi connectivity index (χ0) is 20.9. The van der Waals surface area contributed by atoms with Gasteiger partial charge >= 0.3 is 0 Å². The molecule has 1 saturated heterocycles. The lowest BCUT2D eigenvalue weighted by Crippen LogP contribution is -2.27. The number of nitrogens with one attached hydrogen (secondary N) is 1. The maximum absolute atomic E-state index is 12.5. The number of carbonyl (C=O) groups is 2. The molecule has 0 bridgehead atoms. The van der Waals surface area contributed by atoms with Gasteiger partial charge in [0, 0.05) is 42.7 Å². The van der Waals surface area contributed by atoms with E-state index in [9.17, 15) is 9.59 Å². The molecule has 0 saturated carbocycles. The molecule has 0 spiro atoms. The standard InChI is InChI=1S/C23H22ClN3O3/c24-19-9-2-1-8-18(19)20-15-25-22(30-20)11-10-21(28)26-17-7-5-6-16(14-17)23(29)27-12-3-4-13-27/h1-2,5-9,14-15H,3-4,10-13H2,(H,26,28). The van der Waals surface area contributed by atoms with E-state index >= 15 is 0 Å². The molecule has 2 aromatic carbocycles. The van der Waals surface area contributed by atoms with Crippen molar-refractivity contribution in [2.45, 2.75) is 25.7 Å². The average Bonchev–Trinajstić information content (AvgIpc) is 3.45. The number of benzene rings is 2. The third kappa shape index (κ3) is 4.71. The molecular formula is C23H22ClN3O3. The van der Waals surface area contributed by atoms with Crippen molar-refractivity contribution in [1.29, 1.82) is 0 Å². The minimum atomic E-state index is -0.168. The van der Waals surface area contributed by atoms with Crippen LogP contribution in [-0.4, -0.2) is 34.8 Å². The highest BCUT2D eigenvalue weighted by atomic mass is 35.5. The fraction of sp³-hybridized carbons (Fsp3) is 0.261. The fourth-order valence-corrected chi connectivity index (χ4v) is 3.72. The number of rotatable bonds is 6. The summed E-state index contributed by atoms with van der Waals surface area (Å²) in [7, 11) is 0. The lowest BCUT2D eigenvalue weighted by molar-refractivity contribution is -0.116. The van der Waals surface area contributed by atoms with E-state index in [1.807, 2.05) is 23.1 Å². The van der Waals surface area contributed by atoms with Crippen LogP contribution in [0.4, 0.5) is 5.69 Å². The first-order valence-electron chi connectivity index (χ1n) is 9.99. The second kappa shape index (κ2) is 9.13. The Balaban J connectivity index is 1.34. The molecule has 30 heavy (non-hydrogen) atoms.